The molecule has 0 saturated carbocycles. The number of amides is 1. The second-order valence-electron chi connectivity index (χ2n) is 5.67. The summed E-state index contributed by atoms with van der Waals surface area (Å²) in [6.07, 6.45) is 1.38. The minimum atomic E-state index is -0.922. The van der Waals surface area contributed by atoms with Crippen molar-refractivity contribution in [2.75, 3.05) is 11.9 Å². The van der Waals surface area contributed by atoms with Crippen LogP contribution in [0.5, 0.6) is 5.75 Å². The molecule has 0 aliphatic heterocycles. The molecule has 134 valence electrons. The van der Waals surface area contributed by atoms with E-state index < -0.39 is 23.0 Å². The number of carbonyl (C=O) groups excluding carboxylic acids is 1. The number of aromatic nitrogens is 1. The first-order chi connectivity index (χ1) is 12.4. The number of pyridine rings is 1. The van der Waals surface area contributed by atoms with E-state index in [4.69, 9.17) is 4.74 Å². The van der Waals surface area contributed by atoms with E-state index in [9.17, 15) is 18.4 Å². The van der Waals surface area contributed by atoms with Crippen LogP contribution in [0.25, 0.3) is 10.9 Å². The molecule has 1 heterocycles. The Hall–Kier alpha value is -3.22. The lowest BCUT2D eigenvalue weighted by Gasteiger charge is -2.11. The van der Waals surface area contributed by atoms with Gasteiger partial charge in [0.25, 0.3) is 5.91 Å². The molecule has 0 unspecified atom stereocenters. The number of nitrogens with one attached hydrogen (secondary N) is 1. The van der Waals surface area contributed by atoms with E-state index >= 15 is 0 Å². The lowest BCUT2D eigenvalue weighted by molar-refractivity contribution is 0.102. The van der Waals surface area contributed by atoms with E-state index in [-0.39, 0.29) is 11.3 Å². The molecule has 0 radical (unpaired) electrons. The van der Waals surface area contributed by atoms with Gasteiger partial charge in [0.05, 0.1) is 23.2 Å². The number of benzene rings is 2. The summed E-state index contributed by atoms with van der Waals surface area (Å²) in [4.78, 5) is 25.2. The van der Waals surface area contributed by atoms with E-state index in [1.165, 1.54) is 6.20 Å². The number of fused-ring (bicyclic) bond motifs is 1. The molecule has 0 fully saturated rings. The lowest BCUT2D eigenvalue weighted by Crippen LogP contribution is -2.23. The Labute approximate surface area is 147 Å². The van der Waals surface area contributed by atoms with Crippen LogP contribution in [0, 0.1) is 11.6 Å². The molecule has 0 bridgehead atoms. The average molecular weight is 358 g/mol. The third kappa shape index (κ3) is 3.28. The first-order valence-electron chi connectivity index (χ1n) is 7.93. The van der Waals surface area contributed by atoms with E-state index in [0.29, 0.717) is 29.3 Å². The van der Waals surface area contributed by atoms with Gasteiger partial charge in [-0.3, -0.25) is 9.59 Å². The van der Waals surface area contributed by atoms with E-state index in [2.05, 4.69) is 5.32 Å². The van der Waals surface area contributed by atoms with Crippen LogP contribution in [-0.2, 0) is 7.05 Å². The van der Waals surface area contributed by atoms with E-state index in [1.807, 2.05) is 6.92 Å². The molecular weight excluding hydrogens is 342 g/mol. The van der Waals surface area contributed by atoms with Crippen molar-refractivity contribution in [1.29, 1.82) is 0 Å². The SMILES string of the molecule is CCOc1ccc2c(c1)c(=O)c(C(=O)Nc1ccc(F)cc1F)cn2C. The van der Waals surface area contributed by atoms with Crippen LogP contribution in [-0.4, -0.2) is 17.1 Å². The van der Waals surface area contributed by atoms with Gasteiger partial charge >= 0.3 is 0 Å². The summed E-state index contributed by atoms with van der Waals surface area (Å²) in [6, 6.07) is 7.80. The fraction of sp³-hybridized carbons (Fsp3) is 0.158. The Balaban J connectivity index is 2.05. The van der Waals surface area contributed by atoms with Crippen LogP contribution < -0.4 is 15.5 Å². The second kappa shape index (κ2) is 6.95. The molecular formula is C19H16F2N2O3. The zero-order valence-electron chi connectivity index (χ0n) is 14.2. The summed E-state index contributed by atoms with van der Waals surface area (Å²) in [5.41, 5.74) is -0.235. The number of aryl methyl sites for hydroxylation is 1. The van der Waals surface area contributed by atoms with Gasteiger partial charge in [-0.2, -0.15) is 0 Å². The molecule has 0 aliphatic carbocycles. The highest BCUT2D eigenvalue weighted by Crippen LogP contribution is 2.20. The molecule has 3 rings (SSSR count). The van der Waals surface area contributed by atoms with Crippen molar-refractivity contribution >= 4 is 22.5 Å². The van der Waals surface area contributed by atoms with Gasteiger partial charge in [-0.25, -0.2) is 8.78 Å². The van der Waals surface area contributed by atoms with Gasteiger partial charge in [-0.05, 0) is 37.3 Å². The maximum Gasteiger partial charge on any atom is 0.261 e. The Bertz CT molecular complexity index is 1060. The highest BCUT2D eigenvalue weighted by molar-refractivity contribution is 6.05. The molecule has 3 aromatic rings. The van der Waals surface area contributed by atoms with Gasteiger partial charge in [0.15, 0.2) is 0 Å². The summed E-state index contributed by atoms with van der Waals surface area (Å²) >= 11 is 0. The number of anilines is 1. The largest absolute Gasteiger partial charge is 0.494 e. The maximum absolute atomic E-state index is 13.7. The van der Waals surface area contributed by atoms with Crippen LogP contribution in [0.1, 0.15) is 17.3 Å². The highest BCUT2D eigenvalue weighted by atomic mass is 19.1. The van der Waals surface area contributed by atoms with Crippen molar-refractivity contribution in [2.45, 2.75) is 6.92 Å². The second-order valence-corrected chi connectivity index (χ2v) is 5.67. The predicted octanol–water partition coefficient (Wildman–Crippen LogP) is 3.47. The summed E-state index contributed by atoms with van der Waals surface area (Å²) in [6.45, 7) is 2.26. The van der Waals surface area contributed by atoms with Crippen molar-refractivity contribution in [3.63, 3.8) is 0 Å². The van der Waals surface area contributed by atoms with Crippen molar-refractivity contribution in [2.24, 2.45) is 7.05 Å². The summed E-state index contributed by atoms with van der Waals surface area (Å²) < 4.78 is 33.7. The smallest absolute Gasteiger partial charge is 0.261 e. The number of hydrogen-bond donors (Lipinski definition) is 1. The summed E-state index contributed by atoms with van der Waals surface area (Å²) in [5.74, 6) is -1.95. The van der Waals surface area contributed by atoms with Gasteiger partial charge in [-0.15, -0.1) is 0 Å². The standard InChI is InChI=1S/C19H16F2N2O3/c1-3-26-12-5-7-17-13(9-12)18(24)14(10-23(17)2)19(25)22-16-6-4-11(20)8-15(16)21/h4-10H,3H2,1-2H3,(H,22,25). The van der Waals surface area contributed by atoms with Gasteiger partial charge in [0.1, 0.15) is 22.9 Å². The molecule has 0 spiro atoms. The predicted molar refractivity (Wildman–Crippen MR) is 94.7 cm³/mol. The molecule has 0 atom stereocenters. The minimum Gasteiger partial charge on any atom is -0.494 e. The van der Waals surface area contributed by atoms with Gasteiger partial charge in [0.2, 0.25) is 5.43 Å². The van der Waals surface area contributed by atoms with Crippen LogP contribution in [0.4, 0.5) is 14.5 Å². The first kappa shape index (κ1) is 17.6. The van der Waals surface area contributed by atoms with Crippen molar-refractivity contribution in [3.05, 3.63) is 70.0 Å². The molecule has 7 heteroatoms. The monoisotopic (exact) mass is 358 g/mol. The average Bonchev–Trinajstić information content (AvgIpc) is 2.60. The van der Waals surface area contributed by atoms with Crippen molar-refractivity contribution in [1.82, 2.24) is 4.57 Å². The highest BCUT2D eigenvalue weighted by Gasteiger charge is 2.17. The Kier molecular flexibility index (Phi) is 4.71. The van der Waals surface area contributed by atoms with E-state index in [0.717, 1.165) is 12.1 Å². The molecule has 1 aromatic heterocycles. The van der Waals surface area contributed by atoms with Gasteiger partial charge in [0, 0.05) is 19.3 Å². The topological polar surface area (TPSA) is 60.3 Å². The van der Waals surface area contributed by atoms with Gasteiger partial charge < -0.3 is 14.6 Å². The fourth-order valence-corrected chi connectivity index (χ4v) is 2.67. The zero-order chi connectivity index (χ0) is 18.8. The number of ether oxygens (including phenoxy) is 1. The van der Waals surface area contributed by atoms with E-state index in [1.54, 1.807) is 29.8 Å². The molecule has 2 aromatic carbocycles. The molecule has 26 heavy (non-hydrogen) atoms. The Morgan fingerprint density at radius 1 is 1.19 bits per heavy atom. The third-order valence-corrected chi connectivity index (χ3v) is 3.89. The number of halogens is 2. The maximum atomic E-state index is 13.7. The van der Waals surface area contributed by atoms with Crippen molar-refractivity contribution < 1.29 is 18.3 Å². The molecule has 0 saturated heterocycles. The lowest BCUT2D eigenvalue weighted by atomic mass is 10.1. The molecule has 0 aliphatic rings. The van der Waals surface area contributed by atoms with Gasteiger partial charge in [-0.1, -0.05) is 0 Å². The van der Waals surface area contributed by atoms with Crippen LogP contribution in [0.3, 0.4) is 0 Å². The summed E-state index contributed by atoms with van der Waals surface area (Å²) in [7, 11) is 1.69. The molecule has 5 nitrogen and oxygen atoms in total. The third-order valence-electron chi connectivity index (χ3n) is 3.89. The molecule has 1 amide bonds. The normalized spacial score (nSPS) is 10.8. The Morgan fingerprint density at radius 3 is 2.65 bits per heavy atom. The molecule has 1 N–H and O–H groups in total. The minimum absolute atomic E-state index is 0.155. The summed E-state index contributed by atoms with van der Waals surface area (Å²) in [5, 5.41) is 2.61. The first-order valence-corrected chi connectivity index (χ1v) is 7.93. The van der Waals surface area contributed by atoms with Crippen molar-refractivity contribution in [3.8, 4) is 5.75 Å². The van der Waals surface area contributed by atoms with Crippen LogP contribution in [0.15, 0.2) is 47.4 Å². The zero-order valence-corrected chi connectivity index (χ0v) is 14.2. The number of nitrogens with zero attached hydrogens (tertiary/aromatic N) is 1. The Morgan fingerprint density at radius 2 is 1.96 bits per heavy atom. The van der Waals surface area contributed by atoms with Crippen LogP contribution in [0.2, 0.25) is 0 Å². The quantitative estimate of drug-likeness (QED) is 0.777. The number of carbonyl (C=O) groups is 1. The number of hydrogen-bond acceptors (Lipinski definition) is 3. The number of rotatable bonds is 4. The van der Waals surface area contributed by atoms with Crippen LogP contribution >= 0.6 is 0 Å². The fourth-order valence-electron chi connectivity index (χ4n) is 2.67.